The molecule has 0 aliphatic carbocycles. The number of hydrogen-bond donors (Lipinski definition) is 1. The van der Waals surface area contributed by atoms with Crippen LogP contribution in [0.15, 0.2) is 34.1 Å². The van der Waals surface area contributed by atoms with Gasteiger partial charge in [-0.25, -0.2) is 8.42 Å². The van der Waals surface area contributed by atoms with Gasteiger partial charge in [0.25, 0.3) is 0 Å². The van der Waals surface area contributed by atoms with E-state index >= 15 is 0 Å². The molecule has 0 saturated heterocycles. The molecule has 0 atom stereocenters. The van der Waals surface area contributed by atoms with Crippen LogP contribution in [0.1, 0.15) is 22.3 Å². The average molecular weight is 412 g/mol. The molecule has 4 nitrogen and oxygen atoms in total. The van der Waals surface area contributed by atoms with Crippen molar-refractivity contribution >= 4 is 44.8 Å². The lowest BCUT2D eigenvalue weighted by molar-refractivity contribution is -0.113. The third-order valence-corrected chi connectivity index (χ3v) is 7.03. The number of nitrogens with one attached hydrogen (secondary N) is 1. The Hall–Kier alpha value is -1.50. The Morgan fingerprint density at radius 3 is 2.19 bits per heavy atom. The SMILES string of the molecule is Cc1cc(C)c(C)c(SCC(=O)Nc2cc(S(C)(=O)=O)ccc2Cl)c1C. The molecule has 140 valence electrons. The molecule has 0 aliphatic rings. The molecule has 2 aromatic carbocycles. The lowest BCUT2D eigenvalue weighted by Crippen LogP contribution is -2.15. The van der Waals surface area contributed by atoms with E-state index in [1.54, 1.807) is 0 Å². The number of rotatable bonds is 5. The monoisotopic (exact) mass is 411 g/mol. The van der Waals surface area contributed by atoms with Crippen molar-refractivity contribution < 1.29 is 13.2 Å². The normalized spacial score (nSPS) is 11.5. The second kappa shape index (κ2) is 8.03. The van der Waals surface area contributed by atoms with Crippen LogP contribution in [0.2, 0.25) is 5.02 Å². The topological polar surface area (TPSA) is 63.2 Å². The standard InChI is InChI=1S/C19H22ClNO3S2/c1-11-8-12(2)14(4)19(13(11)3)25-10-18(22)21-17-9-15(26(5,23)24)6-7-16(17)20/h6-9H,10H2,1-5H3,(H,21,22). The number of benzene rings is 2. The summed E-state index contributed by atoms with van der Waals surface area (Å²) in [4.78, 5) is 13.6. The summed E-state index contributed by atoms with van der Waals surface area (Å²) in [5, 5.41) is 3.01. The van der Waals surface area contributed by atoms with E-state index in [-0.39, 0.29) is 16.6 Å². The molecule has 1 N–H and O–H groups in total. The van der Waals surface area contributed by atoms with E-state index in [2.05, 4.69) is 39.1 Å². The van der Waals surface area contributed by atoms with Crippen molar-refractivity contribution in [2.24, 2.45) is 0 Å². The first-order valence-electron chi connectivity index (χ1n) is 8.00. The number of sulfone groups is 1. The van der Waals surface area contributed by atoms with E-state index < -0.39 is 9.84 Å². The summed E-state index contributed by atoms with van der Waals surface area (Å²) in [7, 11) is -3.37. The molecule has 0 unspecified atom stereocenters. The van der Waals surface area contributed by atoms with E-state index in [4.69, 9.17) is 11.6 Å². The molecule has 0 bridgehead atoms. The van der Waals surface area contributed by atoms with Crippen LogP contribution in [-0.4, -0.2) is 26.3 Å². The highest BCUT2D eigenvalue weighted by Crippen LogP contribution is 2.31. The summed E-state index contributed by atoms with van der Waals surface area (Å²) >= 11 is 7.55. The molecule has 0 saturated carbocycles. The van der Waals surface area contributed by atoms with Gasteiger partial charge in [-0.05, 0) is 68.1 Å². The number of carbonyl (C=O) groups excluding carboxylic acids is 1. The Balaban J connectivity index is 2.16. The third kappa shape index (κ3) is 4.81. The van der Waals surface area contributed by atoms with Crippen LogP contribution in [0.3, 0.4) is 0 Å². The summed E-state index contributed by atoms with van der Waals surface area (Å²) in [5.41, 5.74) is 5.03. The van der Waals surface area contributed by atoms with Crippen molar-refractivity contribution in [1.29, 1.82) is 0 Å². The van der Waals surface area contributed by atoms with Gasteiger partial charge >= 0.3 is 0 Å². The number of halogens is 1. The first-order valence-corrected chi connectivity index (χ1v) is 11.3. The van der Waals surface area contributed by atoms with Gasteiger partial charge in [0.15, 0.2) is 9.84 Å². The maximum absolute atomic E-state index is 12.4. The van der Waals surface area contributed by atoms with Gasteiger partial charge in [0, 0.05) is 11.2 Å². The van der Waals surface area contributed by atoms with Gasteiger partial charge in [0.2, 0.25) is 5.91 Å². The van der Waals surface area contributed by atoms with E-state index in [1.807, 2.05) is 0 Å². The zero-order chi connectivity index (χ0) is 19.6. The van der Waals surface area contributed by atoms with Gasteiger partial charge in [0.05, 0.1) is 21.4 Å². The number of aryl methyl sites for hydroxylation is 2. The van der Waals surface area contributed by atoms with Crippen LogP contribution in [0.5, 0.6) is 0 Å². The van der Waals surface area contributed by atoms with E-state index in [1.165, 1.54) is 52.2 Å². The van der Waals surface area contributed by atoms with Crippen LogP contribution < -0.4 is 5.32 Å². The highest BCUT2D eigenvalue weighted by Gasteiger charge is 2.14. The molecule has 0 fully saturated rings. The van der Waals surface area contributed by atoms with Gasteiger partial charge in [-0.2, -0.15) is 0 Å². The molecule has 0 aliphatic heterocycles. The summed E-state index contributed by atoms with van der Waals surface area (Å²) < 4.78 is 23.3. The Morgan fingerprint density at radius 1 is 1.08 bits per heavy atom. The van der Waals surface area contributed by atoms with Crippen LogP contribution >= 0.6 is 23.4 Å². The minimum absolute atomic E-state index is 0.117. The second-order valence-electron chi connectivity index (χ2n) is 6.34. The van der Waals surface area contributed by atoms with Crippen molar-refractivity contribution in [3.8, 4) is 0 Å². The van der Waals surface area contributed by atoms with Gasteiger partial charge in [-0.1, -0.05) is 17.7 Å². The molecular formula is C19H22ClNO3S2. The summed E-state index contributed by atoms with van der Waals surface area (Å²) in [6.07, 6.45) is 1.11. The predicted molar refractivity (Wildman–Crippen MR) is 109 cm³/mol. The summed E-state index contributed by atoms with van der Waals surface area (Å²) in [6, 6.07) is 6.42. The van der Waals surface area contributed by atoms with E-state index in [0.717, 1.165) is 11.2 Å². The zero-order valence-corrected chi connectivity index (χ0v) is 17.8. The number of anilines is 1. The molecule has 0 heterocycles. The number of carbonyl (C=O) groups is 1. The Bertz CT molecular complexity index is 943. The average Bonchev–Trinajstić information content (AvgIpc) is 2.54. The highest BCUT2D eigenvalue weighted by molar-refractivity contribution is 8.00. The molecule has 2 rings (SSSR count). The third-order valence-electron chi connectivity index (χ3n) is 4.28. The number of amides is 1. The lowest BCUT2D eigenvalue weighted by atomic mass is 10.0. The molecule has 2 aromatic rings. The molecule has 0 radical (unpaired) electrons. The fourth-order valence-electron chi connectivity index (χ4n) is 2.55. The van der Waals surface area contributed by atoms with Crippen LogP contribution in [-0.2, 0) is 14.6 Å². The van der Waals surface area contributed by atoms with Gasteiger partial charge < -0.3 is 5.32 Å². The number of thioether (sulfide) groups is 1. The van der Waals surface area contributed by atoms with Crippen molar-refractivity contribution in [3.05, 3.63) is 51.5 Å². The first kappa shape index (κ1) is 20.8. The van der Waals surface area contributed by atoms with Crippen molar-refractivity contribution in [2.45, 2.75) is 37.5 Å². The second-order valence-corrected chi connectivity index (χ2v) is 9.75. The zero-order valence-electron chi connectivity index (χ0n) is 15.4. The van der Waals surface area contributed by atoms with Crippen molar-refractivity contribution in [1.82, 2.24) is 0 Å². The van der Waals surface area contributed by atoms with E-state index in [0.29, 0.717) is 10.7 Å². The molecule has 0 spiro atoms. The summed E-state index contributed by atoms with van der Waals surface area (Å²) in [5.74, 6) is -0.0233. The minimum atomic E-state index is -3.37. The molecule has 7 heteroatoms. The first-order chi connectivity index (χ1) is 12.0. The van der Waals surface area contributed by atoms with Crippen molar-refractivity contribution in [2.75, 3.05) is 17.3 Å². The molecule has 1 amide bonds. The minimum Gasteiger partial charge on any atom is -0.324 e. The number of hydrogen-bond acceptors (Lipinski definition) is 4. The van der Waals surface area contributed by atoms with Crippen LogP contribution in [0, 0.1) is 27.7 Å². The summed E-state index contributed by atoms with van der Waals surface area (Å²) in [6.45, 7) is 8.22. The largest absolute Gasteiger partial charge is 0.324 e. The highest BCUT2D eigenvalue weighted by atomic mass is 35.5. The predicted octanol–water partition coefficient (Wildman–Crippen LogP) is 4.71. The fraction of sp³-hybridized carbons (Fsp3) is 0.316. The van der Waals surface area contributed by atoms with Crippen molar-refractivity contribution in [3.63, 3.8) is 0 Å². The van der Waals surface area contributed by atoms with Crippen LogP contribution in [0.25, 0.3) is 0 Å². The Kier molecular flexibility index (Phi) is 6.42. The van der Waals surface area contributed by atoms with E-state index in [9.17, 15) is 13.2 Å². The molecule has 26 heavy (non-hydrogen) atoms. The maximum atomic E-state index is 12.4. The van der Waals surface area contributed by atoms with Gasteiger partial charge in [0.1, 0.15) is 0 Å². The van der Waals surface area contributed by atoms with Gasteiger partial charge in [-0.3, -0.25) is 4.79 Å². The Labute approximate surface area is 164 Å². The quantitative estimate of drug-likeness (QED) is 0.724. The maximum Gasteiger partial charge on any atom is 0.234 e. The molecule has 0 aromatic heterocycles. The molecular weight excluding hydrogens is 390 g/mol. The fourth-order valence-corrected chi connectivity index (χ4v) is 4.47. The van der Waals surface area contributed by atoms with Gasteiger partial charge in [-0.15, -0.1) is 11.8 Å². The smallest absolute Gasteiger partial charge is 0.234 e. The Morgan fingerprint density at radius 2 is 1.65 bits per heavy atom. The van der Waals surface area contributed by atoms with Crippen LogP contribution in [0.4, 0.5) is 5.69 Å². The lowest BCUT2D eigenvalue weighted by Gasteiger charge is -2.15.